The molecule has 0 aliphatic carbocycles. The molecule has 138 valence electrons. The van der Waals surface area contributed by atoms with Gasteiger partial charge in [0, 0.05) is 33.0 Å². The molecule has 4 rings (SSSR count). The van der Waals surface area contributed by atoms with E-state index in [0.717, 1.165) is 15.2 Å². The second-order valence-electron chi connectivity index (χ2n) is 5.98. The van der Waals surface area contributed by atoms with Crippen molar-refractivity contribution < 1.29 is 14.1 Å². The lowest BCUT2D eigenvalue weighted by molar-refractivity contribution is -0.384. The maximum absolute atomic E-state index is 12.4. The molecule has 0 bridgehead atoms. The van der Waals surface area contributed by atoms with Crippen molar-refractivity contribution in [2.75, 3.05) is 5.32 Å². The number of carbonyl (C=O) groups is 1. The number of para-hydroxylation sites is 1. The molecule has 0 saturated carbocycles. The second kappa shape index (κ2) is 7.58. The first-order chi connectivity index (χ1) is 13.6. The number of nitrogens with zero attached hydrogens (tertiary/aromatic N) is 1. The summed E-state index contributed by atoms with van der Waals surface area (Å²) >= 11 is 1.48. The van der Waals surface area contributed by atoms with Gasteiger partial charge in [-0.2, -0.15) is 0 Å². The number of benzene rings is 3. The van der Waals surface area contributed by atoms with Gasteiger partial charge in [-0.1, -0.05) is 30.0 Å². The molecule has 1 amide bonds. The van der Waals surface area contributed by atoms with Crippen molar-refractivity contribution in [3.63, 3.8) is 0 Å². The van der Waals surface area contributed by atoms with Crippen LogP contribution in [-0.4, -0.2) is 10.8 Å². The number of carbonyl (C=O) groups excluding carboxylic acids is 1. The van der Waals surface area contributed by atoms with Crippen LogP contribution in [0.1, 0.15) is 10.6 Å². The number of nitro benzene ring substituents is 1. The summed E-state index contributed by atoms with van der Waals surface area (Å²) in [6.07, 6.45) is 0. The number of fused-ring (bicyclic) bond motifs is 1. The largest absolute Gasteiger partial charge is 0.451 e. The SMILES string of the molecule is O=C(Nc1ccc(Sc2ccc([N+](=O)[O-])cc2)cc1)c1cc2ccccc2o1. The third kappa shape index (κ3) is 3.89. The molecule has 0 fully saturated rings. The van der Waals surface area contributed by atoms with Crippen LogP contribution in [0.5, 0.6) is 0 Å². The molecule has 0 radical (unpaired) electrons. The van der Waals surface area contributed by atoms with Gasteiger partial charge in [0.25, 0.3) is 11.6 Å². The van der Waals surface area contributed by atoms with E-state index in [-0.39, 0.29) is 17.4 Å². The van der Waals surface area contributed by atoms with E-state index < -0.39 is 4.92 Å². The number of non-ortho nitro benzene ring substituents is 1. The molecule has 0 atom stereocenters. The number of nitrogens with one attached hydrogen (secondary N) is 1. The van der Waals surface area contributed by atoms with Crippen LogP contribution in [0.25, 0.3) is 11.0 Å². The minimum absolute atomic E-state index is 0.0630. The van der Waals surface area contributed by atoms with Gasteiger partial charge in [-0.3, -0.25) is 14.9 Å². The molecule has 1 heterocycles. The zero-order chi connectivity index (χ0) is 19.5. The predicted octanol–water partition coefficient (Wildman–Crippen LogP) is 5.74. The maximum Gasteiger partial charge on any atom is 0.291 e. The molecule has 28 heavy (non-hydrogen) atoms. The van der Waals surface area contributed by atoms with E-state index in [1.165, 1.54) is 23.9 Å². The third-order valence-corrected chi connectivity index (χ3v) is 5.06. The van der Waals surface area contributed by atoms with Crippen molar-refractivity contribution in [1.82, 2.24) is 0 Å². The number of rotatable bonds is 5. The van der Waals surface area contributed by atoms with E-state index >= 15 is 0 Å². The molecule has 4 aromatic rings. The number of anilines is 1. The maximum atomic E-state index is 12.4. The summed E-state index contributed by atoms with van der Waals surface area (Å²) in [4.78, 5) is 24.5. The van der Waals surface area contributed by atoms with Crippen LogP contribution in [0.4, 0.5) is 11.4 Å². The molecule has 3 aromatic carbocycles. The van der Waals surface area contributed by atoms with E-state index in [1.54, 1.807) is 30.3 Å². The molecule has 6 nitrogen and oxygen atoms in total. The summed E-state index contributed by atoms with van der Waals surface area (Å²) in [6, 6.07) is 22.9. The monoisotopic (exact) mass is 390 g/mol. The summed E-state index contributed by atoms with van der Waals surface area (Å²) < 4.78 is 5.57. The van der Waals surface area contributed by atoms with Gasteiger partial charge in [0.05, 0.1) is 4.92 Å². The van der Waals surface area contributed by atoms with Gasteiger partial charge in [-0.15, -0.1) is 0 Å². The molecular formula is C21H14N2O4S. The van der Waals surface area contributed by atoms with Crippen LogP contribution in [0.3, 0.4) is 0 Å². The van der Waals surface area contributed by atoms with Gasteiger partial charge in [-0.25, -0.2) is 0 Å². The highest BCUT2D eigenvalue weighted by Gasteiger charge is 2.12. The van der Waals surface area contributed by atoms with Gasteiger partial charge in [-0.05, 0) is 48.5 Å². The van der Waals surface area contributed by atoms with E-state index in [2.05, 4.69) is 5.32 Å². The van der Waals surface area contributed by atoms with Crippen LogP contribution < -0.4 is 5.32 Å². The van der Waals surface area contributed by atoms with E-state index in [0.29, 0.717) is 11.3 Å². The lowest BCUT2D eigenvalue weighted by Gasteiger charge is -2.05. The van der Waals surface area contributed by atoms with Crippen molar-refractivity contribution in [2.45, 2.75) is 9.79 Å². The average molecular weight is 390 g/mol. The highest BCUT2D eigenvalue weighted by molar-refractivity contribution is 7.99. The lowest BCUT2D eigenvalue weighted by Crippen LogP contribution is -2.10. The Morgan fingerprint density at radius 1 is 0.929 bits per heavy atom. The van der Waals surface area contributed by atoms with Crippen molar-refractivity contribution in [2.24, 2.45) is 0 Å². The van der Waals surface area contributed by atoms with Crippen molar-refractivity contribution in [3.8, 4) is 0 Å². The van der Waals surface area contributed by atoms with Crippen LogP contribution in [0.15, 0.2) is 93.1 Å². The van der Waals surface area contributed by atoms with Crippen LogP contribution >= 0.6 is 11.8 Å². The first-order valence-electron chi connectivity index (χ1n) is 8.41. The molecule has 0 spiro atoms. The number of nitro groups is 1. The van der Waals surface area contributed by atoms with Crippen molar-refractivity contribution in [1.29, 1.82) is 0 Å². The molecular weight excluding hydrogens is 376 g/mol. The smallest absolute Gasteiger partial charge is 0.291 e. The van der Waals surface area contributed by atoms with E-state index in [1.807, 2.05) is 36.4 Å². The Bertz CT molecular complexity index is 1120. The fourth-order valence-electron chi connectivity index (χ4n) is 2.66. The topological polar surface area (TPSA) is 85.4 Å². The van der Waals surface area contributed by atoms with Gasteiger partial charge in [0.1, 0.15) is 5.58 Å². The van der Waals surface area contributed by atoms with Crippen LogP contribution in [0.2, 0.25) is 0 Å². The standard InChI is InChI=1S/C21H14N2O4S/c24-21(20-13-14-3-1-2-4-19(14)27-20)22-15-5-9-17(10-6-15)28-18-11-7-16(8-12-18)23(25)26/h1-13H,(H,22,24). The molecule has 0 aliphatic heterocycles. The minimum Gasteiger partial charge on any atom is -0.451 e. The Hall–Kier alpha value is -3.58. The minimum atomic E-state index is -0.423. The predicted molar refractivity (Wildman–Crippen MR) is 108 cm³/mol. The highest BCUT2D eigenvalue weighted by atomic mass is 32.2. The number of furan rings is 1. The molecule has 1 aromatic heterocycles. The summed E-state index contributed by atoms with van der Waals surface area (Å²) in [5.74, 6) is -0.0579. The summed E-state index contributed by atoms with van der Waals surface area (Å²) in [5.41, 5.74) is 1.38. The quantitative estimate of drug-likeness (QED) is 0.347. The highest BCUT2D eigenvalue weighted by Crippen LogP contribution is 2.30. The van der Waals surface area contributed by atoms with Crippen molar-refractivity contribution in [3.05, 3.63) is 94.7 Å². The van der Waals surface area contributed by atoms with E-state index in [9.17, 15) is 14.9 Å². The van der Waals surface area contributed by atoms with Gasteiger partial charge in [0.15, 0.2) is 5.76 Å². The van der Waals surface area contributed by atoms with Gasteiger partial charge >= 0.3 is 0 Å². The first-order valence-corrected chi connectivity index (χ1v) is 9.22. The number of amides is 1. The number of hydrogen-bond acceptors (Lipinski definition) is 5. The molecule has 1 N–H and O–H groups in total. The summed E-state index contributed by atoms with van der Waals surface area (Å²) in [6.45, 7) is 0. The van der Waals surface area contributed by atoms with Gasteiger partial charge < -0.3 is 9.73 Å². The summed E-state index contributed by atoms with van der Waals surface area (Å²) in [5, 5.41) is 14.4. The molecule has 0 unspecified atom stereocenters. The van der Waals surface area contributed by atoms with Gasteiger partial charge in [0.2, 0.25) is 0 Å². The molecule has 0 aliphatic rings. The zero-order valence-corrected chi connectivity index (χ0v) is 15.3. The molecule has 0 saturated heterocycles. The molecule has 7 heteroatoms. The Balaban J connectivity index is 1.42. The first kappa shape index (κ1) is 17.8. The fourth-order valence-corrected chi connectivity index (χ4v) is 3.48. The normalized spacial score (nSPS) is 10.7. The Morgan fingerprint density at radius 3 is 2.21 bits per heavy atom. The van der Waals surface area contributed by atoms with Crippen LogP contribution in [0, 0.1) is 10.1 Å². The fraction of sp³-hybridized carbons (Fsp3) is 0. The average Bonchev–Trinajstić information content (AvgIpc) is 3.14. The second-order valence-corrected chi connectivity index (χ2v) is 7.13. The van der Waals surface area contributed by atoms with E-state index in [4.69, 9.17) is 4.42 Å². The summed E-state index contributed by atoms with van der Waals surface area (Å²) in [7, 11) is 0. The van der Waals surface area contributed by atoms with Crippen LogP contribution in [-0.2, 0) is 0 Å². The Kier molecular flexibility index (Phi) is 4.82. The lowest BCUT2D eigenvalue weighted by atomic mass is 10.2. The zero-order valence-electron chi connectivity index (χ0n) is 14.5. The Morgan fingerprint density at radius 2 is 1.57 bits per heavy atom. The Labute approximate surface area is 164 Å². The number of hydrogen-bond donors (Lipinski definition) is 1. The van der Waals surface area contributed by atoms with Crippen molar-refractivity contribution >= 4 is 40.0 Å². The third-order valence-electron chi connectivity index (χ3n) is 4.04.